The second-order valence-electron chi connectivity index (χ2n) is 6.78. The number of morpholine rings is 1. The molecule has 0 saturated carbocycles. The van der Waals surface area contributed by atoms with Crippen LogP contribution in [0, 0.1) is 0 Å². The van der Waals surface area contributed by atoms with Crippen LogP contribution in [0.5, 0.6) is 0 Å². The molecule has 10 heteroatoms. The number of guanidine groups is 1. The Hall–Kier alpha value is -1.92. The molecule has 0 radical (unpaired) electrons. The Morgan fingerprint density at radius 1 is 1.13 bits per heavy atom. The van der Waals surface area contributed by atoms with Gasteiger partial charge in [-0.25, -0.2) is 4.99 Å². The topological polar surface area (TPSA) is 121 Å². The Morgan fingerprint density at radius 2 is 1.83 bits per heavy atom. The smallest absolute Gasteiger partial charge is 0.251 e. The van der Waals surface area contributed by atoms with E-state index in [0.29, 0.717) is 12.1 Å². The molecule has 0 atom stereocenters. The first kappa shape index (κ1) is 26.1. The lowest BCUT2D eigenvalue weighted by molar-refractivity contribution is -0.117. The van der Waals surface area contributed by atoms with E-state index in [1.807, 2.05) is 19.1 Å². The van der Waals surface area contributed by atoms with Crippen LogP contribution in [0.3, 0.4) is 0 Å². The van der Waals surface area contributed by atoms with E-state index < -0.39 is 5.91 Å². The van der Waals surface area contributed by atoms with E-state index in [1.54, 1.807) is 12.1 Å². The van der Waals surface area contributed by atoms with Gasteiger partial charge in [0, 0.05) is 31.7 Å². The molecule has 30 heavy (non-hydrogen) atoms. The van der Waals surface area contributed by atoms with Crippen molar-refractivity contribution in [1.29, 1.82) is 0 Å². The molecule has 2 rings (SSSR count). The molecular formula is C20H33IN6O3. The van der Waals surface area contributed by atoms with Gasteiger partial charge in [-0.1, -0.05) is 12.1 Å². The zero-order valence-electron chi connectivity index (χ0n) is 17.5. The van der Waals surface area contributed by atoms with Crippen LogP contribution in [0.15, 0.2) is 29.3 Å². The summed E-state index contributed by atoms with van der Waals surface area (Å²) >= 11 is 0. The van der Waals surface area contributed by atoms with Crippen molar-refractivity contribution < 1.29 is 14.3 Å². The number of nitrogens with two attached hydrogens (primary N) is 1. The minimum atomic E-state index is -0.572. The van der Waals surface area contributed by atoms with Gasteiger partial charge in [0.15, 0.2) is 5.96 Å². The largest absolute Gasteiger partial charge is 0.379 e. The number of rotatable bonds is 10. The zero-order chi connectivity index (χ0) is 20.9. The van der Waals surface area contributed by atoms with Crippen molar-refractivity contribution in [3.63, 3.8) is 0 Å². The summed E-state index contributed by atoms with van der Waals surface area (Å²) in [5, 5.41) is 9.07. The fraction of sp³-hybridized carbons (Fsp3) is 0.550. The summed E-state index contributed by atoms with van der Waals surface area (Å²) in [6.07, 6.45) is 1.04. The molecule has 1 aromatic rings. The molecule has 0 unspecified atom stereocenters. The van der Waals surface area contributed by atoms with Gasteiger partial charge in [0.25, 0.3) is 5.91 Å². The van der Waals surface area contributed by atoms with E-state index in [4.69, 9.17) is 10.5 Å². The molecular weight excluding hydrogens is 499 g/mol. The summed E-state index contributed by atoms with van der Waals surface area (Å²) in [5.74, 6) is -0.121. The van der Waals surface area contributed by atoms with Gasteiger partial charge in [0.2, 0.25) is 5.91 Å². The Labute approximate surface area is 195 Å². The number of amides is 2. The van der Waals surface area contributed by atoms with E-state index in [0.717, 1.165) is 63.9 Å². The fourth-order valence-electron chi connectivity index (χ4n) is 2.88. The lowest BCUT2D eigenvalue weighted by Crippen LogP contribution is -2.40. The van der Waals surface area contributed by atoms with Crippen LogP contribution >= 0.6 is 24.0 Å². The van der Waals surface area contributed by atoms with Gasteiger partial charge in [-0.3, -0.25) is 14.5 Å². The van der Waals surface area contributed by atoms with Crippen LogP contribution in [0.25, 0.3) is 0 Å². The summed E-state index contributed by atoms with van der Waals surface area (Å²) in [5.41, 5.74) is 6.50. The number of primary amides is 1. The van der Waals surface area contributed by atoms with Gasteiger partial charge >= 0.3 is 0 Å². The number of benzene rings is 1. The number of hydrogen-bond donors (Lipinski definition) is 4. The Kier molecular flexibility index (Phi) is 13.0. The summed E-state index contributed by atoms with van der Waals surface area (Å²) in [6, 6.07) is 7.13. The molecule has 9 nitrogen and oxygen atoms in total. The highest BCUT2D eigenvalue weighted by Crippen LogP contribution is 2.06. The van der Waals surface area contributed by atoms with Crippen molar-refractivity contribution in [2.45, 2.75) is 19.9 Å². The summed E-state index contributed by atoms with van der Waals surface area (Å²) in [7, 11) is 0. The Bertz CT molecular complexity index is 678. The maximum Gasteiger partial charge on any atom is 0.251 e. The number of carbonyl (C=O) groups excluding carboxylic acids is 2. The summed E-state index contributed by atoms with van der Waals surface area (Å²) < 4.78 is 5.36. The minimum Gasteiger partial charge on any atom is -0.379 e. The second kappa shape index (κ2) is 15.0. The number of nitrogens with zero attached hydrogens (tertiary/aromatic N) is 2. The second-order valence-corrected chi connectivity index (χ2v) is 6.78. The van der Waals surface area contributed by atoms with Crippen molar-refractivity contribution in [1.82, 2.24) is 20.9 Å². The minimum absolute atomic E-state index is 0. The van der Waals surface area contributed by atoms with Gasteiger partial charge in [0.1, 0.15) is 0 Å². The van der Waals surface area contributed by atoms with Gasteiger partial charge in [-0.2, -0.15) is 0 Å². The first-order chi connectivity index (χ1) is 14.1. The quantitative estimate of drug-likeness (QED) is 0.149. The Balaban J connectivity index is 0.00000450. The van der Waals surface area contributed by atoms with Crippen molar-refractivity contribution in [3.8, 4) is 0 Å². The molecule has 2 amide bonds. The SMILES string of the molecule is CCNC(=NCc1ccc(C(=O)NCC(N)=O)cc1)NCCCN1CCOCC1.I. The van der Waals surface area contributed by atoms with Crippen molar-refractivity contribution in [3.05, 3.63) is 35.4 Å². The molecule has 5 N–H and O–H groups in total. The van der Waals surface area contributed by atoms with Crippen LogP contribution in [-0.4, -0.2) is 75.2 Å². The number of hydrogen-bond acceptors (Lipinski definition) is 5. The highest BCUT2D eigenvalue weighted by atomic mass is 127. The third-order valence-electron chi connectivity index (χ3n) is 4.45. The molecule has 168 valence electrons. The van der Waals surface area contributed by atoms with Crippen molar-refractivity contribution >= 4 is 41.8 Å². The number of aliphatic imine (C=N–C) groups is 1. The van der Waals surface area contributed by atoms with E-state index in [-0.39, 0.29) is 36.4 Å². The van der Waals surface area contributed by atoms with Gasteiger partial charge < -0.3 is 26.4 Å². The molecule has 0 aromatic heterocycles. The van der Waals surface area contributed by atoms with Crippen LogP contribution in [0.4, 0.5) is 0 Å². The average molecular weight is 532 g/mol. The molecule has 0 spiro atoms. The van der Waals surface area contributed by atoms with E-state index >= 15 is 0 Å². The lowest BCUT2D eigenvalue weighted by atomic mass is 10.1. The third kappa shape index (κ3) is 10.2. The third-order valence-corrected chi connectivity index (χ3v) is 4.45. The van der Waals surface area contributed by atoms with Crippen LogP contribution in [0.2, 0.25) is 0 Å². The Morgan fingerprint density at radius 3 is 2.47 bits per heavy atom. The molecule has 1 aromatic carbocycles. The maximum atomic E-state index is 11.9. The molecule has 1 saturated heterocycles. The molecule has 0 bridgehead atoms. The molecule has 1 heterocycles. The number of halogens is 1. The fourth-order valence-corrected chi connectivity index (χ4v) is 2.88. The lowest BCUT2D eigenvalue weighted by Gasteiger charge is -2.26. The van der Waals surface area contributed by atoms with Crippen molar-refractivity contribution in [2.75, 3.05) is 52.5 Å². The predicted molar refractivity (Wildman–Crippen MR) is 128 cm³/mol. The normalized spacial score (nSPS) is 14.5. The van der Waals surface area contributed by atoms with Crippen LogP contribution < -0.4 is 21.7 Å². The monoisotopic (exact) mass is 532 g/mol. The summed E-state index contributed by atoms with van der Waals surface area (Å²) in [6.45, 7) is 8.70. The van der Waals surface area contributed by atoms with E-state index in [2.05, 4.69) is 25.8 Å². The first-order valence-corrected chi connectivity index (χ1v) is 10.1. The van der Waals surface area contributed by atoms with Gasteiger partial charge in [0.05, 0.1) is 26.3 Å². The molecule has 1 aliphatic heterocycles. The zero-order valence-corrected chi connectivity index (χ0v) is 19.8. The molecule has 1 fully saturated rings. The maximum absolute atomic E-state index is 11.9. The standard InChI is InChI=1S/C20H32N6O3.HI/c1-2-22-20(23-8-3-9-26-10-12-29-13-11-26)25-14-16-4-6-17(7-5-16)19(28)24-15-18(21)27;/h4-7H,2-3,8-15H2,1H3,(H2,21,27)(H,24,28)(H2,22,23,25);1H. The average Bonchev–Trinajstić information content (AvgIpc) is 2.74. The molecule has 0 aliphatic carbocycles. The summed E-state index contributed by atoms with van der Waals surface area (Å²) in [4.78, 5) is 29.6. The van der Waals surface area contributed by atoms with E-state index in [1.165, 1.54) is 0 Å². The van der Waals surface area contributed by atoms with Gasteiger partial charge in [-0.15, -0.1) is 24.0 Å². The number of ether oxygens (including phenoxy) is 1. The number of nitrogens with one attached hydrogen (secondary N) is 3. The number of carbonyl (C=O) groups is 2. The molecule has 1 aliphatic rings. The van der Waals surface area contributed by atoms with Crippen LogP contribution in [0.1, 0.15) is 29.3 Å². The first-order valence-electron chi connectivity index (χ1n) is 10.1. The van der Waals surface area contributed by atoms with E-state index in [9.17, 15) is 9.59 Å². The highest BCUT2D eigenvalue weighted by Gasteiger charge is 2.09. The highest BCUT2D eigenvalue weighted by molar-refractivity contribution is 14.0. The van der Waals surface area contributed by atoms with Crippen LogP contribution in [-0.2, 0) is 16.1 Å². The van der Waals surface area contributed by atoms with Gasteiger partial charge in [-0.05, 0) is 37.6 Å². The predicted octanol–water partition coefficient (Wildman–Crippen LogP) is 0.297. The van der Waals surface area contributed by atoms with Crippen molar-refractivity contribution in [2.24, 2.45) is 10.7 Å².